The van der Waals surface area contributed by atoms with E-state index in [4.69, 9.17) is 11.6 Å². The summed E-state index contributed by atoms with van der Waals surface area (Å²) in [5, 5.41) is 13.4. The van der Waals surface area contributed by atoms with Crippen LogP contribution in [0.4, 0.5) is 21.5 Å². The molecule has 0 unspecified atom stereocenters. The molecule has 1 amide bonds. The fourth-order valence-corrected chi connectivity index (χ4v) is 3.74. The van der Waals surface area contributed by atoms with Gasteiger partial charge in [-0.25, -0.2) is 12.8 Å². The number of non-ortho nitro benzene ring substituents is 1. The van der Waals surface area contributed by atoms with E-state index in [1.807, 2.05) is 0 Å². The predicted molar refractivity (Wildman–Crippen MR) is 110 cm³/mol. The van der Waals surface area contributed by atoms with Gasteiger partial charge in [0, 0.05) is 17.8 Å². The molecule has 0 aliphatic rings. The standard InChI is InChI=1S/C19H13ClFN3O5S/c20-16-10-7-13(24(26)27)11-15(16)19(25)22-12-5-8-14(9-6-12)30(28,29)23-18-4-2-1-3-17(18)21/h1-11,23H,(H,22,25). The van der Waals surface area contributed by atoms with Gasteiger partial charge in [-0.15, -0.1) is 0 Å². The summed E-state index contributed by atoms with van der Waals surface area (Å²) in [5.41, 5.74) is -0.378. The van der Waals surface area contributed by atoms with Gasteiger partial charge < -0.3 is 5.32 Å². The number of nitro benzene ring substituents is 1. The summed E-state index contributed by atoms with van der Waals surface area (Å²) >= 11 is 5.94. The highest BCUT2D eigenvalue weighted by molar-refractivity contribution is 7.92. The van der Waals surface area contributed by atoms with E-state index in [2.05, 4.69) is 10.0 Å². The maximum Gasteiger partial charge on any atom is 0.270 e. The van der Waals surface area contributed by atoms with Crippen molar-refractivity contribution in [1.29, 1.82) is 0 Å². The van der Waals surface area contributed by atoms with Crippen molar-refractivity contribution >= 4 is 44.6 Å². The van der Waals surface area contributed by atoms with Crippen LogP contribution in [0.1, 0.15) is 10.4 Å². The van der Waals surface area contributed by atoms with E-state index in [0.717, 1.165) is 12.1 Å². The van der Waals surface area contributed by atoms with Gasteiger partial charge in [0.1, 0.15) is 5.82 Å². The molecule has 2 N–H and O–H groups in total. The van der Waals surface area contributed by atoms with Gasteiger partial charge in [-0.2, -0.15) is 0 Å². The first kappa shape index (κ1) is 21.2. The Labute approximate surface area is 175 Å². The van der Waals surface area contributed by atoms with E-state index < -0.39 is 26.7 Å². The second kappa shape index (κ2) is 8.47. The minimum absolute atomic E-state index is 0.0198. The number of nitrogens with zero attached hydrogens (tertiary/aromatic N) is 1. The van der Waals surface area contributed by atoms with Crippen molar-refractivity contribution in [2.45, 2.75) is 4.90 Å². The third kappa shape index (κ3) is 4.73. The minimum Gasteiger partial charge on any atom is -0.322 e. The van der Waals surface area contributed by atoms with Crippen LogP contribution in [-0.2, 0) is 10.0 Å². The molecule has 3 rings (SSSR count). The van der Waals surface area contributed by atoms with Gasteiger partial charge in [0.05, 0.1) is 26.1 Å². The van der Waals surface area contributed by atoms with Gasteiger partial charge in [0.2, 0.25) is 0 Å². The number of benzene rings is 3. The molecule has 0 aliphatic heterocycles. The SMILES string of the molecule is O=C(Nc1ccc(S(=O)(=O)Nc2ccccc2F)cc1)c1cc([N+](=O)[O-])ccc1Cl. The molecule has 0 fully saturated rings. The Morgan fingerprint density at radius 3 is 2.33 bits per heavy atom. The number of nitrogens with one attached hydrogen (secondary N) is 2. The number of halogens is 2. The van der Waals surface area contributed by atoms with E-state index in [1.54, 1.807) is 0 Å². The highest BCUT2D eigenvalue weighted by Gasteiger charge is 2.18. The average Bonchev–Trinajstić information content (AvgIpc) is 2.70. The van der Waals surface area contributed by atoms with Crippen molar-refractivity contribution in [2.24, 2.45) is 0 Å². The van der Waals surface area contributed by atoms with Crippen LogP contribution in [0.2, 0.25) is 5.02 Å². The Morgan fingerprint density at radius 1 is 1.03 bits per heavy atom. The van der Waals surface area contributed by atoms with Crippen LogP contribution in [0.25, 0.3) is 0 Å². The Bertz CT molecular complexity index is 1230. The smallest absolute Gasteiger partial charge is 0.270 e. The lowest BCUT2D eigenvalue weighted by molar-refractivity contribution is -0.384. The molecule has 3 aromatic carbocycles. The zero-order valence-electron chi connectivity index (χ0n) is 15.0. The molecule has 0 saturated carbocycles. The van der Waals surface area contributed by atoms with Crippen molar-refractivity contribution in [3.8, 4) is 0 Å². The highest BCUT2D eigenvalue weighted by atomic mass is 35.5. The van der Waals surface area contributed by atoms with Crippen LogP contribution in [0, 0.1) is 15.9 Å². The number of sulfonamides is 1. The lowest BCUT2D eigenvalue weighted by Crippen LogP contribution is -2.15. The normalized spacial score (nSPS) is 11.0. The molecular weight excluding hydrogens is 437 g/mol. The van der Waals surface area contributed by atoms with E-state index in [9.17, 15) is 27.7 Å². The first-order valence-electron chi connectivity index (χ1n) is 8.30. The molecule has 30 heavy (non-hydrogen) atoms. The largest absolute Gasteiger partial charge is 0.322 e. The van der Waals surface area contributed by atoms with Crippen LogP contribution in [0.3, 0.4) is 0 Å². The summed E-state index contributed by atoms with van der Waals surface area (Å²) < 4.78 is 40.6. The quantitative estimate of drug-likeness (QED) is 0.426. The van der Waals surface area contributed by atoms with Crippen LogP contribution in [0.15, 0.2) is 71.6 Å². The number of carbonyl (C=O) groups excluding carboxylic acids is 1. The summed E-state index contributed by atoms with van der Waals surface area (Å²) in [6, 6.07) is 13.8. The lowest BCUT2D eigenvalue weighted by atomic mass is 10.2. The third-order valence-corrected chi connectivity index (χ3v) is 5.66. The molecule has 154 valence electrons. The maximum atomic E-state index is 13.7. The zero-order chi connectivity index (χ0) is 21.9. The van der Waals surface area contributed by atoms with Crippen molar-refractivity contribution in [3.05, 3.63) is 93.2 Å². The molecule has 0 spiro atoms. The summed E-state index contributed by atoms with van der Waals surface area (Å²) in [5.74, 6) is -1.43. The zero-order valence-corrected chi connectivity index (χ0v) is 16.6. The number of hydrogen-bond donors (Lipinski definition) is 2. The monoisotopic (exact) mass is 449 g/mol. The first-order chi connectivity index (χ1) is 14.2. The number of rotatable bonds is 6. The fourth-order valence-electron chi connectivity index (χ4n) is 2.46. The van der Waals surface area contributed by atoms with Crippen molar-refractivity contribution in [2.75, 3.05) is 10.0 Å². The van der Waals surface area contributed by atoms with Gasteiger partial charge in [-0.1, -0.05) is 23.7 Å². The molecule has 11 heteroatoms. The number of hydrogen-bond acceptors (Lipinski definition) is 5. The molecule has 0 aliphatic carbocycles. The van der Waals surface area contributed by atoms with E-state index in [-0.39, 0.29) is 32.5 Å². The summed E-state index contributed by atoms with van der Waals surface area (Å²) in [7, 11) is -4.05. The van der Waals surface area contributed by atoms with Gasteiger partial charge in [0.25, 0.3) is 21.6 Å². The minimum atomic E-state index is -4.05. The molecule has 3 aromatic rings. The van der Waals surface area contributed by atoms with Crippen LogP contribution in [0.5, 0.6) is 0 Å². The number of amides is 1. The van der Waals surface area contributed by atoms with Crippen molar-refractivity contribution < 1.29 is 22.5 Å². The van der Waals surface area contributed by atoms with E-state index >= 15 is 0 Å². The van der Waals surface area contributed by atoms with Gasteiger partial charge in [-0.05, 0) is 42.5 Å². The van der Waals surface area contributed by atoms with E-state index in [1.165, 1.54) is 54.6 Å². The molecule has 0 aromatic heterocycles. The number of anilines is 2. The molecule has 0 atom stereocenters. The third-order valence-electron chi connectivity index (χ3n) is 3.95. The summed E-state index contributed by atoms with van der Waals surface area (Å²) in [6.07, 6.45) is 0. The lowest BCUT2D eigenvalue weighted by Gasteiger charge is -2.10. The Kier molecular flexibility index (Phi) is 5.99. The molecule has 8 nitrogen and oxygen atoms in total. The number of nitro groups is 1. The second-order valence-electron chi connectivity index (χ2n) is 5.99. The van der Waals surface area contributed by atoms with Crippen molar-refractivity contribution in [3.63, 3.8) is 0 Å². The van der Waals surface area contributed by atoms with Gasteiger partial charge >= 0.3 is 0 Å². The fraction of sp³-hybridized carbons (Fsp3) is 0. The average molecular weight is 450 g/mol. The number of carbonyl (C=O) groups is 1. The molecule has 0 bridgehead atoms. The Morgan fingerprint density at radius 2 is 1.70 bits per heavy atom. The molecular formula is C19H13ClFN3O5S. The predicted octanol–water partition coefficient (Wildman–Crippen LogP) is 4.44. The topological polar surface area (TPSA) is 118 Å². The molecule has 0 saturated heterocycles. The number of para-hydroxylation sites is 1. The van der Waals surface area contributed by atoms with E-state index in [0.29, 0.717) is 0 Å². The summed E-state index contributed by atoms with van der Waals surface area (Å²) in [6.45, 7) is 0. The maximum absolute atomic E-state index is 13.7. The van der Waals surface area contributed by atoms with Gasteiger partial charge in [0.15, 0.2) is 0 Å². The first-order valence-corrected chi connectivity index (χ1v) is 10.2. The second-order valence-corrected chi connectivity index (χ2v) is 8.07. The van der Waals surface area contributed by atoms with Gasteiger partial charge in [-0.3, -0.25) is 19.6 Å². The molecule has 0 heterocycles. The van der Waals surface area contributed by atoms with Crippen LogP contribution >= 0.6 is 11.6 Å². The van der Waals surface area contributed by atoms with Crippen molar-refractivity contribution in [1.82, 2.24) is 0 Å². The van der Waals surface area contributed by atoms with Crippen LogP contribution in [-0.4, -0.2) is 19.2 Å². The highest BCUT2D eigenvalue weighted by Crippen LogP contribution is 2.24. The molecule has 0 radical (unpaired) electrons. The summed E-state index contributed by atoms with van der Waals surface area (Å²) in [4.78, 5) is 22.4. The Hall–Kier alpha value is -3.50. The Balaban J connectivity index is 1.78. The van der Waals surface area contributed by atoms with Crippen LogP contribution < -0.4 is 10.0 Å².